The highest BCUT2D eigenvalue weighted by molar-refractivity contribution is 6.31. The van der Waals surface area contributed by atoms with Crippen molar-refractivity contribution in [1.29, 1.82) is 0 Å². The first kappa shape index (κ1) is 14.9. The van der Waals surface area contributed by atoms with Crippen LogP contribution in [-0.2, 0) is 13.5 Å². The maximum absolute atomic E-state index is 6.33. The molecule has 20 heavy (non-hydrogen) atoms. The van der Waals surface area contributed by atoms with E-state index in [1.54, 1.807) is 4.68 Å². The largest absolute Gasteiger partial charge is 0.494 e. The third-order valence-corrected chi connectivity index (χ3v) is 3.78. The van der Waals surface area contributed by atoms with Crippen LogP contribution in [0.3, 0.4) is 0 Å². The van der Waals surface area contributed by atoms with Crippen molar-refractivity contribution in [3.05, 3.63) is 46.2 Å². The normalized spacial score (nSPS) is 12.4. The van der Waals surface area contributed by atoms with Crippen molar-refractivity contribution in [2.75, 3.05) is 6.61 Å². The van der Waals surface area contributed by atoms with E-state index >= 15 is 0 Å². The van der Waals surface area contributed by atoms with Crippen molar-refractivity contribution in [2.45, 2.75) is 26.3 Å². The monoisotopic (exact) mass is 293 g/mol. The van der Waals surface area contributed by atoms with Crippen LogP contribution < -0.4 is 10.5 Å². The number of hydrogen-bond donors (Lipinski definition) is 1. The van der Waals surface area contributed by atoms with Crippen molar-refractivity contribution in [1.82, 2.24) is 9.78 Å². The van der Waals surface area contributed by atoms with Gasteiger partial charge in [0, 0.05) is 25.1 Å². The van der Waals surface area contributed by atoms with Gasteiger partial charge in [-0.25, -0.2) is 0 Å². The van der Waals surface area contributed by atoms with E-state index in [9.17, 15) is 0 Å². The third kappa shape index (κ3) is 2.97. The summed E-state index contributed by atoms with van der Waals surface area (Å²) in [5.41, 5.74) is 9.09. The predicted molar refractivity (Wildman–Crippen MR) is 81.2 cm³/mol. The van der Waals surface area contributed by atoms with Gasteiger partial charge in [0.05, 0.1) is 23.0 Å². The number of halogens is 1. The molecule has 1 aromatic heterocycles. The molecule has 0 bridgehead atoms. The van der Waals surface area contributed by atoms with E-state index in [1.165, 1.54) is 0 Å². The van der Waals surface area contributed by atoms with Gasteiger partial charge in [-0.15, -0.1) is 0 Å². The van der Waals surface area contributed by atoms with Gasteiger partial charge in [0.2, 0.25) is 0 Å². The number of aromatic nitrogens is 2. The molecule has 1 aromatic carbocycles. The first-order chi connectivity index (χ1) is 9.54. The molecule has 0 radical (unpaired) electrons. The summed E-state index contributed by atoms with van der Waals surface area (Å²) in [5, 5.41) is 5.01. The zero-order valence-electron chi connectivity index (χ0n) is 12.1. The van der Waals surface area contributed by atoms with Gasteiger partial charge in [-0.3, -0.25) is 4.68 Å². The van der Waals surface area contributed by atoms with E-state index in [0.717, 1.165) is 22.7 Å². The van der Waals surface area contributed by atoms with Crippen LogP contribution in [0.25, 0.3) is 0 Å². The highest BCUT2D eigenvalue weighted by Crippen LogP contribution is 2.29. The molecule has 0 fully saturated rings. The lowest BCUT2D eigenvalue weighted by atomic mass is 10.0. The molecule has 0 aliphatic carbocycles. The Labute approximate surface area is 124 Å². The van der Waals surface area contributed by atoms with Gasteiger partial charge in [-0.1, -0.05) is 29.8 Å². The molecule has 4 nitrogen and oxygen atoms in total. The molecule has 0 saturated carbocycles. The number of para-hydroxylation sites is 1. The molecule has 0 amide bonds. The van der Waals surface area contributed by atoms with Gasteiger partial charge in [0.1, 0.15) is 5.75 Å². The van der Waals surface area contributed by atoms with Crippen molar-refractivity contribution < 1.29 is 4.74 Å². The van der Waals surface area contributed by atoms with Gasteiger partial charge in [0.15, 0.2) is 0 Å². The molecule has 0 saturated heterocycles. The van der Waals surface area contributed by atoms with E-state index in [0.29, 0.717) is 18.1 Å². The minimum Gasteiger partial charge on any atom is -0.494 e. The summed E-state index contributed by atoms with van der Waals surface area (Å²) in [6, 6.07) is 7.67. The molecule has 1 atom stereocenters. The van der Waals surface area contributed by atoms with E-state index in [4.69, 9.17) is 22.1 Å². The highest BCUT2D eigenvalue weighted by atomic mass is 35.5. The Hall–Kier alpha value is -1.52. The molecule has 0 aliphatic heterocycles. The summed E-state index contributed by atoms with van der Waals surface area (Å²) in [6.07, 6.45) is 0.625. The van der Waals surface area contributed by atoms with Crippen molar-refractivity contribution >= 4 is 11.6 Å². The Balaban J connectivity index is 2.26. The Morgan fingerprint density at radius 1 is 1.40 bits per heavy atom. The number of aryl methyl sites for hydroxylation is 2. The van der Waals surface area contributed by atoms with Crippen molar-refractivity contribution in [3.8, 4) is 5.75 Å². The lowest BCUT2D eigenvalue weighted by Crippen LogP contribution is -2.17. The minimum atomic E-state index is -0.176. The fourth-order valence-corrected chi connectivity index (χ4v) is 2.53. The summed E-state index contributed by atoms with van der Waals surface area (Å²) in [4.78, 5) is 0. The van der Waals surface area contributed by atoms with Crippen LogP contribution >= 0.6 is 11.6 Å². The SMILES string of the molecule is CCOc1ccccc1C(N)Cc1c(Cl)c(C)nn1C. The maximum Gasteiger partial charge on any atom is 0.124 e. The molecule has 1 heterocycles. The molecule has 0 aliphatic rings. The second-order valence-electron chi connectivity index (χ2n) is 4.75. The first-order valence-electron chi connectivity index (χ1n) is 6.69. The zero-order valence-corrected chi connectivity index (χ0v) is 12.8. The number of benzene rings is 1. The van der Waals surface area contributed by atoms with Crippen LogP contribution in [0.1, 0.15) is 29.9 Å². The van der Waals surface area contributed by atoms with Gasteiger partial charge in [-0.05, 0) is 19.9 Å². The summed E-state index contributed by atoms with van der Waals surface area (Å²) in [7, 11) is 1.88. The van der Waals surface area contributed by atoms with Crippen LogP contribution in [0.4, 0.5) is 0 Å². The maximum atomic E-state index is 6.33. The van der Waals surface area contributed by atoms with E-state index in [2.05, 4.69) is 5.10 Å². The molecular weight excluding hydrogens is 274 g/mol. The van der Waals surface area contributed by atoms with Crippen LogP contribution in [-0.4, -0.2) is 16.4 Å². The van der Waals surface area contributed by atoms with E-state index < -0.39 is 0 Å². The molecule has 2 rings (SSSR count). The molecule has 2 aromatic rings. The average Bonchev–Trinajstić information content (AvgIpc) is 2.66. The van der Waals surface area contributed by atoms with Crippen LogP contribution in [0.15, 0.2) is 24.3 Å². The molecular formula is C15H20ClN3O. The minimum absolute atomic E-state index is 0.176. The highest BCUT2D eigenvalue weighted by Gasteiger charge is 2.18. The van der Waals surface area contributed by atoms with Crippen LogP contribution in [0.2, 0.25) is 5.02 Å². The average molecular weight is 294 g/mol. The van der Waals surface area contributed by atoms with Crippen molar-refractivity contribution in [2.24, 2.45) is 12.8 Å². The third-order valence-electron chi connectivity index (χ3n) is 3.29. The standard InChI is InChI=1S/C15H20ClN3O/c1-4-20-14-8-6-5-7-11(14)12(17)9-13-15(16)10(2)18-19(13)3/h5-8,12H,4,9,17H2,1-3H3. The Morgan fingerprint density at radius 2 is 2.10 bits per heavy atom. The Bertz CT molecular complexity index is 595. The summed E-state index contributed by atoms with van der Waals surface area (Å²) in [5.74, 6) is 0.831. The lowest BCUT2D eigenvalue weighted by molar-refractivity contribution is 0.334. The van der Waals surface area contributed by atoms with E-state index in [-0.39, 0.29) is 6.04 Å². The molecule has 108 valence electrons. The molecule has 5 heteroatoms. The fourth-order valence-electron chi connectivity index (χ4n) is 2.29. The zero-order chi connectivity index (χ0) is 14.7. The molecule has 2 N–H and O–H groups in total. The summed E-state index contributed by atoms with van der Waals surface area (Å²) < 4.78 is 7.42. The topological polar surface area (TPSA) is 53.1 Å². The number of rotatable bonds is 5. The quantitative estimate of drug-likeness (QED) is 0.922. The number of ether oxygens (including phenoxy) is 1. The molecule has 0 spiro atoms. The lowest BCUT2D eigenvalue weighted by Gasteiger charge is -2.16. The van der Waals surface area contributed by atoms with Crippen LogP contribution in [0.5, 0.6) is 5.75 Å². The van der Waals surface area contributed by atoms with E-state index in [1.807, 2.05) is 45.2 Å². The predicted octanol–water partition coefficient (Wildman–Crippen LogP) is 3.02. The van der Waals surface area contributed by atoms with Crippen LogP contribution in [0, 0.1) is 6.92 Å². The van der Waals surface area contributed by atoms with Crippen molar-refractivity contribution in [3.63, 3.8) is 0 Å². The second-order valence-corrected chi connectivity index (χ2v) is 5.13. The first-order valence-corrected chi connectivity index (χ1v) is 7.07. The smallest absolute Gasteiger partial charge is 0.124 e. The number of nitrogens with two attached hydrogens (primary N) is 1. The summed E-state index contributed by atoms with van der Waals surface area (Å²) in [6.45, 7) is 4.48. The molecule has 1 unspecified atom stereocenters. The number of hydrogen-bond acceptors (Lipinski definition) is 3. The van der Waals surface area contributed by atoms with Gasteiger partial charge < -0.3 is 10.5 Å². The number of nitrogens with zero attached hydrogens (tertiary/aromatic N) is 2. The summed E-state index contributed by atoms with van der Waals surface area (Å²) >= 11 is 6.28. The Kier molecular flexibility index (Phi) is 4.68. The van der Waals surface area contributed by atoms with Gasteiger partial charge in [0.25, 0.3) is 0 Å². The fraction of sp³-hybridized carbons (Fsp3) is 0.400. The van der Waals surface area contributed by atoms with Gasteiger partial charge >= 0.3 is 0 Å². The second kappa shape index (κ2) is 6.29. The Morgan fingerprint density at radius 3 is 2.70 bits per heavy atom. The van der Waals surface area contributed by atoms with Gasteiger partial charge in [-0.2, -0.15) is 5.10 Å².